The average molecular weight is 328 g/mol. The molecule has 1 fully saturated rings. The van der Waals surface area contributed by atoms with Crippen LogP contribution in [0.25, 0.3) is 0 Å². The third kappa shape index (κ3) is 3.30. The number of aryl methyl sites for hydroxylation is 1. The number of hydrogen-bond donors (Lipinski definition) is 3. The number of nitrogens with zero attached hydrogens (tertiary/aromatic N) is 1. The van der Waals surface area contributed by atoms with E-state index < -0.39 is 5.91 Å². The van der Waals surface area contributed by atoms with Gasteiger partial charge in [-0.3, -0.25) is 14.4 Å². The molecule has 0 unspecified atom stereocenters. The third-order valence-corrected chi connectivity index (χ3v) is 4.27. The summed E-state index contributed by atoms with van der Waals surface area (Å²) in [5, 5.41) is 5.85. The molecule has 0 bridgehead atoms. The van der Waals surface area contributed by atoms with E-state index in [1.54, 1.807) is 35.9 Å². The first-order valence-electron chi connectivity index (χ1n) is 7.99. The minimum Gasteiger partial charge on any atom is -0.317 e. The zero-order valence-corrected chi connectivity index (χ0v) is 13.5. The summed E-state index contributed by atoms with van der Waals surface area (Å²) in [6.45, 7) is 3.45. The molecule has 0 aliphatic carbocycles. The minimum absolute atomic E-state index is 0.0995. The number of pyridine rings is 2. The largest absolute Gasteiger partial charge is 0.317 e. The van der Waals surface area contributed by atoms with E-state index in [-0.39, 0.29) is 28.5 Å². The Labute approximate surface area is 138 Å². The molecule has 0 saturated carbocycles. The Morgan fingerprint density at radius 2 is 1.96 bits per heavy atom. The molecule has 2 aromatic heterocycles. The maximum absolute atomic E-state index is 12.8. The maximum atomic E-state index is 12.8. The number of carbonyl (C=O) groups excluding carboxylic acids is 1. The van der Waals surface area contributed by atoms with Crippen LogP contribution in [-0.2, 0) is 0 Å². The van der Waals surface area contributed by atoms with E-state index in [2.05, 4.69) is 15.6 Å². The van der Waals surface area contributed by atoms with E-state index in [1.807, 2.05) is 0 Å². The molecule has 1 aliphatic rings. The number of hydrogen-bond acceptors (Lipinski definition) is 4. The summed E-state index contributed by atoms with van der Waals surface area (Å²) in [6, 6.07) is 6.35. The van der Waals surface area contributed by atoms with Crippen LogP contribution in [0.3, 0.4) is 0 Å². The van der Waals surface area contributed by atoms with Gasteiger partial charge in [0.2, 0.25) is 5.56 Å². The van der Waals surface area contributed by atoms with Gasteiger partial charge in [-0.15, -0.1) is 0 Å². The molecule has 1 amide bonds. The van der Waals surface area contributed by atoms with Crippen molar-refractivity contribution in [2.45, 2.75) is 25.8 Å². The van der Waals surface area contributed by atoms with E-state index in [1.165, 1.54) is 6.07 Å². The van der Waals surface area contributed by atoms with E-state index in [0.29, 0.717) is 5.56 Å². The predicted molar refractivity (Wildman–Crippen MR) is 91.6 cm³/mol. The fraction of sp³-hybridized carbons (Fsp3) is 0.353. The highest BCUT2D eigenvalue weighted by Gasteiger charge is 2.21. The van der Waals surface area contributed by atoms with Crippen LogP contribution in [0.15, 0.2) is 40.1 Å². The number of carbonyl (C=O) groups is 1. The SMILES string of the molecule is Cc1ccn(C2CCNCC2)c(=O)c1C(=O)Nc1cccc(=O)[nH]1. The first-order valence-corrected chi connectivity index (χ1v) is 7.99. The van der Waals surface area contributed by atoms with Crippen LogP contribution >= 0.6 is 0 Å². The molecule has 0 atom stereocenters. The standard InChI is InChI=1S/C17H20N4O3/c1-11-7-10-21(12-5-8-18-9-6-12)17(24)15(11)16(23)20-13-3-2-4-14(22)19-13/h2-4,7,10,12,18H,5-6,8-9H2,1H3,(H2,19,20,22,23). The van der Waals surface area contributed by atoms with Crippen molar-refractivity contribution in [3.63, 3.8) is 0 Å². The van der Waals surface area contributed by atoms with Crippen molar-refractivity contribution in [2.75, 3.05) is 18.4 Å². The van der Waals surface area contributed by atoms with Crippen LogP contribution in [-0.4, -0.2) is 28.5 Å². The lowest BCUT2D eigenvalue weighted by Gasteiger charge is -2.25. The van der Waals surface area contributed by atoms with Gasteiger partial charge in [0.1, 0.15) is 11.4 Å². The fourth-order valence-corrected chi connectivity index (χ4v) is 3.00. The molecule has 7 heteroatoms. The molecular weight excluding hydrogens is 308 g/mol. The highest BCUT2D eigenvalue weighted by molar-refractivity contribution is 6.04. The van der Waals surface area contributed by atoms with Crippen LogP contribution in [0, 0.1) is 6.92 Å². The van der Waals surface area contributed by atoms with E-state index in [9.17, 15) is 14.4 Å². The number of amides is 1. The number of aromatic nitrogens is 2. The molecule has 0 spiro atoms. The van der Waals surface area contributed by atoms with Gasteiger partial charge in [-0.2, -0.15) is 0 Å². The number of anilines is 1. The Balaban J connectivity index is 1.93. The van der Waals surface area contributed by atoms with Crippen molar-refractivity contribution in [3.05, 3.63) is 62.3 Å². The lowest BCUT2D eigenvalue weighted by atomic mass is 10.0. The quantitative estimate of drug-likeness (QED) is 0.784. The third-order valence-electron chi connectivity index (χ3n) is 4.27. The zero-order valence-electron chi connectivity index (χ0n) is 13.5. The first kappa shape index (κ1) is 16.2. The molecule has 7 nitrogen and oxygen atoms in total. The van der Waals surface area contributed by atoms with E-state index >= 15 is 0 Å². The van der Waals surface area contributed by atoms with E-state index in [4.69, 9.17) is 0 Å². The first-order chi connectivity index (χ1) is 11.6. The Bertz CT molecular complexity index is 863. The summed E-state index contributed by atoms with van der Waals surface area (Å²) in [4.78, 5) is 39.2. The molecule has 1 aliphatic heterocycles. The van der Waals surface area contributed by atoms with Crippen molar-refractivity contribution in [2.24, 2.45) is 0 Å². The van der Waals surface area contributed by atoms with Crippen molar-refractivity contribution >= 4 is 11.7 Å². The van der Waals surface area contributed by atoms with Crippen LogP contribution in [0.5, 0.6) is 0 Å². The van der Waals surface area contributed by atoms with Gasteiger partial charge in [0.25, 0.3) is 11.5 Å². The van der Waals surface area contributed by atoms with Gasteiger partial charge in [-0.25, -0.2) is 0 Å². The molecule has 3 rings (SSSR count). The molecular formula is C17H20N4O3. The number of aromatic amines is 1. The van der Waals surface area contributed by atoms with Gasteiger partial charge < -0.3 is 20.2 Å². The van der Waals surface area contributed by atoms with Gasteiger partial charge in [0, 0.05) is 18.3 Å². The number of piperidine rings is 1. The van der Waals surface area contributed by atoms with Crippen LogP contribution < -0.4 is 21.8 Å². The maximum Gasteiger partial charge on any atom is 0.263 e. The lowest BCUT2D eigenvalue weighted by molar-refractivity contribution is 0.102. The molecule has 126 valence electrons. The van der Waals surface area contributed by atoms with Gasteiger partial charge >= 0.3 is 0 Å². The molecule has 0 radical (unpaired) electrons. The molecule has 2 aromatic rings. The van der Waals surface area contributed by atoms with Crippen LogP contribution in [0.1, 0.15) is 34.8 Å². The van der Waals surface area contributed by atoms with Crippen LogP contribution in [0.2, 0.25) is 0 Å². The number of nitrogens with one attached hydrogen (secondary N) is 3. The van der Waals surface area contributed by atoms with Gasteiger partial charge in [0.05, 0.1) is 0 Å². The zero-order chi connectivity index (χ0) is 17.1. The van der Waals surface area contributed by atoms with Crippen molar-refractivity contribution < 1.29 is 4.79 Å². The smallest absolute Gasteiger partial charge is 0.263 e. The number of rotatable bonds is 3. The van der Waals surface area contributed by atoms with E-state index in [0.717, 1.165) is 25.9 Å². The summed E-state index contributed by atoms with van der Waals surface area (Å²) < 4.78 is 1.65. The highest BCUT2D eigenvalue weighted by Crippen LogP contribution is 2.17. The molecule has 3 N–H and O–H groups in total. The average Bonchev–Trinajstić information content (AvgIpc) is 2.56. The lowest BCUT2D eigenvalue weighted by Crippen LogP contribution is -2.37. The second kappa shape index (κ2) is 6.84. The second-order valence-electron chi connectivity index (χ2n) is 5.95. The van der Waals surface area contributed by atoms with Gasteiger partial charge in [-0.1, -0.05) is 6.07 Å². The summed E-state index contributed by atoms with van der Waals surface area (Å²) >= 11 is 0. The Morgan fingerprint density at radius 3 is 2.67 bits per heavy atom. The molecule has 24 heavy (non-hydrogen) atoms. The summed E-state index contributed by atoms with van der Waals surface area (Å²) in [5.41, 5.74) is 0.115. The summed E-state index contributed by atoms with van der Waals surface area (Å²) in [7, 11) is 0. The monoisotopic (exact) mass is 328 g/mol. The summed E-state index contributed by atoms with van der Waals surface area (Å²) in [6.07, 6.45) is 3.47. The topological polar surface area (TPSA) is 96.0 Å². The van der Waals surface area contributed by atoms with Crippen molar-refractivity contribution in [1.29, 1.82) is 0 Å². The predicted octanol–water partition coefficient (Wildman–Crippen LogP) is 1.02. The molecule has 3 heterocycles. The fourth-order valence-electron chi connectivity index (χ4n) is 3.00. The minimum atomic E-state index is -0.511. The van der Waals surface area contributed by atoms with Crippen molar-refractivity contribution in [1.82, 2.24) is 14.9 Å². The van der Waals surface area contributed by atoms with Crippen LogP contribution in [0.4, 0.5) is 5.82 Å². The summed E-state index contributed by atoms with van der Waals surface area (Å²) in [5.74, 6) is -0.244. The molecule has 1 saturated heterocycles. The number of H-pyrrole nitrogens is 1. The Morgan fingerprint density at radius 1 is 1.21 bits per heavy atom. The van der Waals surface area contributed by atoms with Crippen molar-refractivity contribution in [3.8, 4) is 0 Å². The normalized spacial score (nSPS) is 15.2. The van der Waals surface area contributed by atoms with Gasteiger partial charge in [-0.05, 0) is 50.6 Å². The highest BCUT2D eigenvalue weighted by atomic mass is 16.2. The Hall–Kier alpha value is -2.67. The molecule has 0 aromatic carbocycles. The Kier molecular flexibility index (Phi) is 4.61. The second-order valence-corrected chi connectivity index (χ2v) is 5.95. The van der Waals surface area contributed by atoms with Gasteiger partial charge in [0.15, 0.2) is 0 Å².